The molecule has 0 aliphatic carbocycles. The third kappa shape index (κ3) is 4.59. The molecule has 5 heteroatoms. The lowest BCUT2D eigenvalue weighted by Gasteiger charge is -2.12. The minimum Gasteiger partial charge on any atom is -0.496 e. The average molecular weight is 281 g/mol. The molecule has 0 saturated carbocycles. The van der Waals surface area contributed by atoms with Gasteiger partial charge in [0.15, 0.2) is 5.78 Å². The van der Waals surface area contributed by atoms with E-state index in [1.807, 2.05) is 26.0 Å². The number of rotatable bonds is 6. The van der Waals surface area contributed by atoms with Gasteiger partial charge in [-0.25, -0.2) is 0 Å². The van der Waals surface area contributed by atoms with Crippen LogP contribution in [-0.2, 0) is 4.79 Å². The minimum absolute atomic E-state index is 0.0441. The second-order valence-corrected chi connectivity index (χ2v) is 5.42. The molecule has 0 radical (unpaired) electrons. The quantitative estimate of drug-likeness (QED) is 0.643. The van der Waals surface area contributed by atoms with Crippen LogP contribution in [0.5, 0.6) is 5.75 Å². The van der Waals surface area contributed by atoms with Crippen LogP contribution in [-0.4, -0.2) is 30.6 Å². The van der Waals surface area contributed by atoms with Gasteiger partial charge in [0.1, 0.15) is 5.75 Å². The summed E-state index contributed by atoms with van der Waals surface area (Å²) < 4.78 is 5.18. The Morgan fingerprint density at radius 3 is 2.58 bits per heavy atom. The smallest absolute Gasteiger partial charge is 0.230 e. The molecule has 0 saturated heterocycles. The number of hydrogen-bond donors (Lipinski definition) is 1. The van der Waals surface area contributed by atoms with Gasteiger partial charge in [0.2, 0.25) is 5.91 Å². The number of amides is 1. The van der Waals surface area contributed by atoms with E-state index in [2.05, 4.69) is 5.32 Å². The molecule has 0 heterocycles. The summed E-state index contributed by atoms with van der Waals surface area (Å²) in [5, 5.41) is 2.81. The van der Waals surface area contributed by atoms with Crippen LogP contribution in [0.25, 0.3) is 0 Å². The van der Waals surface area contributed by atoms with E-state index in [0.717, 1.165) is 4.90 Å². The van der Waals surface area contributed by atoms with Crippen LogP contribution in [0.4, 0.5) is 0 Å². The lowest BCUT2D eigenvalue weighted by molar-refractivity contribution is -0.119. The number of benzene rings is 1. The number of Topliss-reactive ketones (excluding diaryl/α,β-unsaturated/α-hetero) is 1. The number of carbonyl (C=O) groups excluding carboxylic acids is 2. The highest BCUT2D eigenvalue weighted by Gasteiger charge is 2.15. The van der Waals surface area contributed by atoms with Crippen molar-refractivity contribution in [3.63, 3.8) is 0 Å². The monoisotopic (exact) mass is 281 g/mol. The van der Waals surface area contributed by atoms with Crippen LogP contribution in [0.2, 0.25) is 0 Å². The maximum atomic E-state index is 11.7. The molecule has 0 spiro atoms. The van der Waals surface area contributed by atoms with Gasteiger partial charge in [0.05, 0.1) is 18.4 Å². The summed E-state index contributed by atoms with van der Waals surface area (Å²) in [6, 6.07) is 5.50. The van der Waals surface area contributed by atoms with Crippen LogP contribution in [0.15, 0.2) is 23.1 Å². The van der Waals surface area contributed by atoms with Crippen LogP contribution in [0.1, 0.15) is 31.1 Å². The Balaban J connectivity index is 2.84. The lowest BCUT2D eigenvalue weighted by atomic mass is 10.1. The van der Waals surface area contributed by atoms with E-state index in [-0.39, 0.29) is 23.5 Å². The fraction of sp³-hybridized carbons (Fsp3) is 0.429. The predicted octanol–water partition coefficient (Wildman–Crippen LogP) is 2.51. The van der Waals surface area contributed by atoms with Crippen molar-refractivity contribution in [1.82, 2.24) is 5.32 Å². The van der Waals surface area contributed by atoms with Crippen molar-refractivity contribution in [2.24, 2.45) is 0 Å². The second-order valence-electron chi connectivity index (χ2n) is 4.40. The molecule has 0 fully saturated rings. The van der Waals surface area contributed by atoms with Crippen LogP contribution < -0.4 is 10.1 Å². The van der Waals surface area contributed by atoms with Crippen LogP contribution in [0, 0.1) is 0 Å². The first-order chi connectivity index (χ1) is 8.95. The molecule has 1 rings (SSSR count). The Bertz CT molecular complexity index is 472. The van der Waals surface area contributed by atoms with E-state index in [4.69, 9.17) is 4.74 Å². The molecule has 1 N–H and O–H groups in total. The molecule has 1 amide bonds. The van der Waals surface area contributed by atoms with E-state index in [1.54, 1.807) is 6.07 Å². The maximum Gasteiger partial charge on any atom is 0.230 e. The Kier molecular flexibility index (Phi) is 5.89. The van der Waals surface area contributed by atoms with Crippen molar-refractivity contribution in [3.8, 4) is 5.75 Å². The molecular weight excluding hydrogens is 262 g/mol. The molecule has 1 aromatic carbocycles. The fourth-order valence-electron chi connectivity index (χ4n) is 1.66. The summed E-state index contributed by atoms with van der Waals surface area (Å²) >= 11 is 1.34. The molecule has 0 aliphatic rings. The minimum atomic E-state index is -0.0655. The number of ether oxygens (including phenoxy) is 1. The molecule has 104 valence electrons. The Morgan fingerprint density at radius 2 is 2.05 bits per heavy atom. The van der Waals surface area contributed by atoms with Gasteiger partial charge in [-0.2, -0.15) is 0 Å². The maximum absolute atomic E-state index is 11.7. The van der Waals surface area contributed by atoms with Crippen molar-refractivity contribution in [1.29, 1.82) is 0 Å². The van der Waals surface area contributed by atoms with Gasteiger partial charge < -0.3 is 10.1 Å². The van der Waals surface area contributed by atoms with Crippen molar-refractivity contribution < 1.29 is 14.3 Å². The number of ketones is 1. The van der Waals surface area contributed by atoms with Gasteiger partial charge in [-0.1, -0.05) is 6.07 Å². The molecule has 1 aromatic rings. The first-order valence-electron chi connectivity index (χ1n) is 6.05. The zero-order chi connectivity index (χ0) is 14.4. The van der Waals surface area contributed by atoms with Gasteiger partial charge in [-0.3, -0.25) is 9.59 Å². The van der Waals surface area contributed by atoms with Crippen molar-refractivity contribution in [2.45, 2.75) is 31.7 Å². The summed E-state index contributed by atoms with van der Waals surface area (Å²) in [6.45, 7) is 5.32. The summed E-state index contributed by atoms with van der Waals surface area (Å²) in [6.07, 6.45) is 0. The van der Waals surface area contributed by atoms with E-state index in [1.165, 1.54) is 25.8 Å². The van der Waals surface area contributed by atoms with E-state index < -0.39 is 0 Å². The molecule has 0 atom stereocenters. The molecule has 0 aliphatic heterocycles. The van der Waals surface area contributed by atoms with Gasteiger partial charge in [-0.05, 0) is 32.9 Å². The van der Waals surface area contributed by atoms with Crippen LogP contribution in [0.3, 0.4) is 0 Å². The van der Waals surface area contributed by atoms with Gasteiger partial charge in [0, 0.05) is 10.9 Å². The van der Waals surface area contributed by atoms with Gasteiger partial charge in [-0.15, -0.1) is 11.8 Å². The third-order valence-electron chi connectivity index (χ3n) is 2.37. The molecule has 0 bridgehead atoms. The van der Waals surface area contributed by atoms with E-state index in [9.17, 15) is 9.59 Å². The normalized spacial score (nSPS) is 10.4. The zero-order valence-corrected chi connectivity index (χ0v) is 12.5. The number of nitrogens with one attached hydrogen (secondary N) is 1. The topological polar surface area (TPSA) is 55.4 Å². The largest absolute Gasteiger partial charge is 0.496 e. The number of thioether (sulfide) groups is 1. The van der Waals surface area contributed by atoms with E-state index >= 15 is 0 Å². The van der Waals surface area contributed by atoms with Crippen molar-refractivity contribution in [2.75, 3.05) is 12.9 Å². The standard InChI is InChI=1S/C14H19NO3S/c1-9(2)15-13(17)8-19-12-7-5-6-11(18-4)14(12)10(3)16/h5-7,9H,8H2,1-4H3,(H,15,17). The molecule has 0 aromatic heterocycles. The van der Waals surface area contributed by atoms with Gasteiger partial charge >= 0.3 is 0 Å². The molecule has 4 nitrogen and oxygen atoms in total. The molecule has 0 unspecified atom stereocenters. The number of carbonyl (C=O) groups is 2. The fourth-order valence-corrected chi connectivity index (χ4v) is 2.59. The van der Waals surface area contributed by atoms with E-state index in [0.29, 0.717) is 11.3 Å². The third-order valence-corrected chi connectivity index (χ3v) is 3.43. The Hall–Kier alpha value is -1.49. The first-order valence-corrected chi connectivity index (χ1v) is 7.04. The van der Waals surface area contributed by atoms with Crippen molar-refractivity contribution >= 4 is 23.5 Å². The number of methoxy groups -OCH3 is 1. The number of hydrogen-bond acceptors (Lipinski definition) is 4. The molecular formula is C14H19NO3S. The predicted molar refractivity (Wildman–Crippen MR) is 77.0 cm³/mol. The summed E-state index contributed by atoms with van der Waals surface area (Å²) in [5.74, 6) is 0.717. The summed E-state index contributed by atoms with van der Waals surface area (Å²) in [4.78, 5) is 24.1. The summed E-state index contributed by atoms with van der Waals surface area (Å²) in [7, 11) is 1.53. The Labute approximate surface area is 117 Å². The zero-order valence-electron chi connectivity index (χ0n) is 11.6. The SMILES string of the molecule is COc1cccc(SCC(=O)NC(C)C)c1C(C)=O. The Morgan fingerprint density at radius 1 is 1.37 bits per heavy atom. The second kappa shape index (κ2) is 7.19. The van der Waals surface area contributed by atoms with Crippen LogP contribution >= 0.6 is 11.8 Å². The highest BCUT2D eigenvalue weighted by atomic mass is 32.2. The highest BCUT2D eigenvalue weighted by molar-refractivity contribution is 8.00. The van der Waals surface area contributed by atoms with Crippen molar-refractivity contribution in [3.05, 3.63) is 23.8 Å². The highest BCUT2D eigenvalue weighted by Crippen LogP contribution is 2.30. The lowest BCUT2D eigenvalue weighted by Crippen LogP contribution is -2.31. The first kappa shape index (κ1) is 15.6. The molecule has 19 heavy (non-hydrogen) atoms. The summed E-state index contributed by atoms with van der Waals surface area (Å²) in [5.41, 5.74) is 0.535. The average Bonchev–Trinajstić information content (AvgIpc) is 2.34. The van der Waals surface area contributed by atoms with Gasteiger partial charge in [0.25, 0.3) is 0 Å².